The summed E-state index contributed by atoms with van der Waals surface area (Å²) >= 11 is 0. The number of imide groups is 1. The predicted octanol–water partition coefficient (Wildman–Crippen LogP) is 1.19. The quantitative estimate of drug-likeness (QED) is 0.762. The number of carbonyl (C=O) groups is 3. The normalized spacial score (nSPS) is 17.3. The van der Waals surface area contributed by atoms with Gasteiger partial charge in [-0.15, -0.1) is 0 Å². The fourth-order valence-corrected chi connectivity index (χ4v) is 2.11. The van der Waals surface area contributed by atoms with Crippen molar-refractivity contribution >= 4 is 23.8 Å². The van der Waals surface area contributed by atoms with E-state index in [1.165, 1.54) is 19.3 Å². The number of amides is 3. The molecule has 0 radical (unpaired) electrons. The Labute approximate surface area is 129 Å². The fourth-order valence-electron chi connectivity index (χ4n) is 2.11. The van der Waals surface area contributed by atoms with Crippen molar-refractivity contribution in [3.05, 3.63) is 23.4 Å². The largest absolute Gasteiger partial charge is 0.348 e. The molecule has 1 aliphatic heterocycles. The molecule has 0 aliphatic carbocycles. The molecule has 1 saturated heterocycles. The molecule has 0 atom stereocenters. The van der Waals surface area contributed by atoms with Gasteiger partial charge >= 0.3 is 0 Å². The lowest BCUT2D eigenvalue weighted by Crippen LogP contribution is -2.51. The molecule has 7 heteroatoms. The van der Waals surface area contributed by atoms with E-state index in [2.05, 4.69) is 15.3 Å². The van der Waals surface area contributed by atoms with Crippen LogP contribution in [0.25, 0.3) is 6.08 Å². The third-order valence-electron chi connectivity index (χ3n) is 3.13. The van der Waals surface area contributed by atoms with Crippen LogP contribution in [0.3, 0.4) is 0 Å². The van der Waals surface area contributed by atoms with Crippen LogP contribution in [0.4, 0.5) is 0 Å². The molecule has 22 heavy (non-hydrogen) atoms. The maximum atomic E-state index is 12.2. The van der Waals surface area contributed by atoms with Crippen LogP contribution >= 0.6 is 0 Å². The first-order chi connectivity index (χ1) is 9.70. The second kappa shape index (κ2) is 6.13. The number of nitrogens with one attached hydrogen (secondary N) is 2. The van der Waals surface area contributed by atoms with Gasteiger partial charge in [0.2, 0.25) is 11.8 Å². The van der Waals surface area contributed by atoms with Gasteiger partial charge in [0, 0.05) is 18.0 Å². The number of imidazole rings is 1. The Morgan fingerprint density at radius 3 is 2.55 bits per heavy atom. The summed E-state index contributed by atoms with van der Waals surface area (Å²) in [5, 5.41) is 2.49. The second-order valence-corrected chi connectivity index (χ2v) is 5.93. The third-order valence-corrected chi connectivity index (χ3v) is 3.13. The Kier molecular flexibility index (Phi) is 4.91. The van der Waals surface area contributed by atoms with Crippen molar-refractivity contribution in [3.63, 3.8) is 0 Å². The molecule has 0 bridgehead atoms. The van der Waals surface area contributed by atoms with E-state index in [1.54, 1.807) is 0 Å². The van der Waals surface area contributed by atoms with Crippen molar-refractivity contribution in [2.45, 2.75) is 40.5 Å². The van der Waals surface area contributed by atoms with Crippen molar-refractivity contribution in [2.24, 2.45) is 0 Å². The molecule has 2 heterocycles. The molecule has 120 valence electrons. The van der Waals surface area contributed by atoms with Crippen molar-refractivity contribution in [1.82, 2.24) is 20.2 Å². The standard InChI is InChI=1S/C14H18N4O3.CH4/c1-8(19)18-6-11(20)17-10(13(18)21)5-9-12(14(2,3)4)16-7-15-9;/h5,7H,6H2,1-4H3,(H,15,16)(H,17,20);1H4/b10-5-;. The first-order valence-electron chi connectivity index (χ1n) is 6.58. The van der Waals surface area contributed by atoms with E-state index in [1.807, 2.05) is 20.8 Å². The summed E-state index contributed by atoms with van der Waals surface area (Å²) in [7, 11) is 0. The Bertz CT molecular complexity index is 637. The number of hydrogen-bond donors (Lipinski definition) is 2. The monoisotopic (exact) mass is 306 g/mol. The lowest BCUT2D eigenvalue weighted by Gasteiger charge is -2.25. The second-order valence-electron chi connectivity index (χ2n) is 5.93. The van der Waals surface area contributed by atoms with E-state index in [-0.39, 0.29) is 25.1 Å². The highest BCUT2D eigenvalue weighted by atomic mass is 16.2. The van der Waals surface area contributed by atoms with E-state index < -0.39 is 17.7 Å². The van der Waals surface area contributed by atoms with E-state index in [0.717, 1.165) is 10.6 Å². The summed E-state index contributed by atoms with van der Waals surface area (Å²) in [6, 6.07) is 0. The minimum atomic E-state index is -0.523. The van der Waals surface area contributed by atoms with Gasteiger partial charge in [-0.05, 0) is 6.08 Å². The smallest absolute Gasteiger partial charge is 0.277 e. The topological polar surface area (TPSA) is 95.2 Å². The lowest BCUT2D eigenvalue weighted by atomic mass is 9.90. The molecule has 1 fully saturated rings. The van der Waals surface area contributed by atoms with Gasteiger partial charge in [-0.2, -0.15) is 0 Å². The number of piperazine rings is 1. The Balaban J connectivity index is 0.00000242. The number of aromatic amines is 1. The highest BCUT2D eigenvalue weighted by Crippen LogP contribution is 2.24. The number of rotatable bonds is 1. The van der Waals surface area contributed by atoms with Crippen LogP contribution in [0.1, 0.15) is 46.5 Å². The minimum absolute atomic E-state index is 0. The predicted molar refractivity (Wildman–Crippen MR) is 82.5 cm³/mol. The molecule has 2 rings (SSSR count). The van der Waals surface area contributed by atoms with Gasteiger partial charge < -0.3 is 10.3 Å². The van der Waals surface area contributed by atoms with Crippen LogP contribution in [0.15, 0.2) is 12.0 Å². The lowest BCUT2D eigenvalue weighted by molar-refractivity contribution is -0.147. The number of carbonyl (C=O) groups excluding carboxylic acids is 3. The highest BCUT2D eigenvalue weighted by molar-refractivity contribution is 6.12. The van der Waals surface area contributed by atoms with Crippen LogP contribution in [-0.4, -0.2) is 39.1 Å². The molecule has 0 aromatic carbocycles. The number of aromatic nitrogens is 2. The van der Waals surface area contributed by atoms with Crippen molar-refractivity contribution in [2.75, 3.05) is 6.54 Å². The van der Waals surface area contributed by atoms with E-state index >= 15 is 0 Å². The Morgan fingerprint density at radius 2 is 2.00 bits per heavy atom. The van der Waals surface area contributed by atoms with Crippen LogP contribution < -0.4 is 5.32 Å². The molecule has 7 nitrogen and oxygen atoms in total. The van der Waals surface area contributed by atoms with Crippen LogP contribution in [-0.2, 0) is 19.8 Å². The molecule has 1 aromatic rings. The first-order valence-corrected chi connectivity index (χ1v) is 6.58. The molecular formula is C15H22N4O3. The van der Waals surface area contributed by atoms with Gasteiger partial charge in [-0.3, -0.25) is 19.3 Å². The van der Waals surface area contributed by atoms with Crippen molar-refractivity contribution in [3.8, 4) is 0 Å². The van der Waals surface area contributed by atoms with Crippen molar-refractivity contribution < 1.29 is 14.4 Å². The number of hydrogen-bond acceptors (Lipinski definition) is 4. The van der Waals surface area contributed by atoms with Crippen LogP contribution in [0.5, 0.6) is 0 Å². The van der Waals surface area contributed by atoms with Gasteiger partial charge in [0.05, 0.1) is 12.0 Å². The Hall–Kier alpha value is -2.44. The average Bonchev–Trinajstić information content (AvgIpc) is 2.81. The summed E-state index contributed by atoms with van der Waals surface area (Å²) in [5.41, 5.74) is 1.28. The summed E-state index contributed by atoms with van der Waals surface area (Å²) in [6.45, 7) is 7.02. The van der Waals surface area contributed by atoms with Gasteiger partial charge in [0.25, 0.3) is 5.91 Å². The Morgan fingerprint density at radius 1 is 1.36 bits per heavy atom. The molecule has 1 aromatic heterocycles. The molecule has 0 unspecified atom stereocenters. The van der Waals surface area contributed by atoms with Gasteiger partial charge in [-0.25, -0.2) is 4.98 Å². The molecule has 0 spiro atoms. The third kappa shape index (κ3) is 3.41. The summed E-state index contributed by atoms with van der Waals surface area (Å²) in [5.74, 6) is -1.38. The minimum Gasteiger partial charge on any atom is -0.348 e. The number of nitrogens with zero attached hydrogens (tertiary/aromatic N) is 2. The van der Waals surface area contributed by atoms with Gasteiger partial charge in [0.15, 0.2) is 0 Å². The average molecular weight is 306 g/mol. The maximum absolute atomic E-state index is 12.2. The van der Waals surface area contributed by atoms with Gasteiger partial charge in [-0.1, -0.05) is 28.2 Å². The summed E-state index contributed by atoms with van der Waals surface area (Å²) in [6.07, 6.45) is 3.03. The van der Waals surface area contributed by atoms with E-state index in [9.17, 15) is 14.4 Å². The molecule has 0 saturated carbocycles. The molecule has 2 N–H and O–H groups in total. The first kappa shape index (κ1) is 17.6. The zero-order valence-corrected chi connectivity index (χ0v) is 12.5. The zero-order valence-electron chi connectivity index (χ0n) is 12.5. The van der Waals surface area contributed by atoms with E-state index in [0.29, 0.717) is 5.69 Å². The SMILES string of the molecule is C.CC(=O)N1CC(=O)N/C(=C\c2nc[nH]c2C(C)(C)C)C1=O. The van der Waals surface area contributed by atoms with Gasteiger partial charge in [0.1, 0.15) is 12.2 Å². The molecular weight excluding hydrogens is 284 g/mol. The fraction of sp³-hybridized carbons (Fsp3) is 0.467. The maximum Gasteiger partial charge on any atom is 0.277 e. The summed E-state index contributed by atoms with van der Waals surface area (Å²) < 4.78 is 0. The highest BCUT2D eigenvalue weighted by Gasteiger charge is 2.31. The van der Waals surface area contributed by atoms with Crippen LogP contribution in [0, 0.1) is 0 Å². The summed E-state index contributed by atoms with van der Waals surface area (Å²) in [4.78, 5) is 43.3. The van der Waals surface area contributed by atoms with E-state index in [4.69, 9.17) is 0 Å². The van der Waals surface area contributed by atoms with Crippen LogP contribution in [0.2, 0.25) is 0 Å². The molecule has 3 amide bonds. The zero-order chi connectivity index (χ0) is 15.8. The number of H-pyrrole nitrogens is 1. The van der Waals surface area contributed by atoms with Crippen molar-refractivity contribution in [1.29, 1.82) is 0 Å². The molecule has 1 aliphatic rings.